The van der Waals surface area contributed by atoms with Gasteiger partial charge in [0.15, 0.2) is 0 Å². The minimum absolute atomic E-state index is 0.0334. The average Bonchev–Trinajstić information content (AvgIpc) is 3.22. The number of carbonyl (C=O) groups excluding carboxylic acids is 2. The third kappa shape index (κ3) is 3.27. The van der Waals surface area contributed by atoms with Crippen LogP contribution in [-0.2, 0) is 4.79 Å². The Bertz CT molecular complexity index is 1100. The van der Waals surface area contributed by atoms with Gasteiger partial charge in [0.05, 0.1) is 11.6 Å². The van der Waals surface area contributed by atoms with Gasteiger partial charge < -0.3 is 20.4 Å². The average molecular weight is 422 g/mol. The van der Waals surface area contributed by atoms with Crippen molar-refractivity contribution >= 4 is 46.1 Å². The number of benzene rings is 2. The van der Waals surface area contributed by atoms with Crippen LogP contribution in [-0.4, -0.2) is 29.4 Å². The number of nitrogens with zero attached hydrogens (tertiary/aromatic N) is 1. The van der Waals surface area contributed by atoms with E-state index < -0.39 is 29.8 Å². The number of hydrogen-bond acceptors (Lipinski definition) is 3. The first-order valence-corrected chi connectivity index (χ1v) is 9.09. The van der Waals surface area contributed by atoms with Crippen LogP contribution in [0.15, 0.2) is 46.9 Å². The summed E-state index contributed by atoms with van der Waals surface area (Å²) in [5.74, 6) is -0.815. The predicted octanol–water partition coefficient (Wildman–Crippen LogP) is 3.85. The van der Waals surface area contributed by atoms with Crippen molar-refractivity contribution in [3.63, 3.8) is 0 Å². The molecule has 2 heterocycles. The van der Waals surface area contributed by atoms with E-state index in [1.54, 1.807) is 24.3 Å². The molecule has 9 heteroatoms. The maximum Gasteiger partial charge on any atom is 0.319 e. The summed E-state index contributed by atoms with van der Waals surface area (Å²) in [6, 6.07) is 8.95. The molecule has 0 bridgehead atoms. The van der Waals surface area contributed by atoms with Gasteiger partial charge in [0.2, 0.25) is 5.91 Å². The highest BCUT2D eigenvalue weighted by Crippen LogP contribution is 2.36. The van der Waals surface area contributed by atoms with E-state index in [0.717, 1.165) is 5.39 Å². The molecular weight excluding hydrogens is 408 g/mol. The van der Waals surface area contributed by atoms with Crippen molar-refractivity contribution in [3.05, 3.63) is 69.7 Å². The van der Waals surface area contributed by atoms with Crippen molar-refractivity contribution < 1.29 is 18.4 Å². The van der Waals surface area contributed by atoms with Crippen molar-refractivity contribution in [2.45, 2.75) is 12.1 Å². The van der Waals surface area contributed by atoms with Crippen molar-refractivity contribution in [2.24, 2.45) is 5.73 Å². The van der Waals surface area contributed by atoms with Gasteiger partial charge in [-0.05, 0) is 42.0 Å². The number of primary amides is 1. The number of halogens is 3. The first kappa shape index (κ1) is 18.6. The summed E-state index contributed by atoms with van der Waals surface area (Å²) in [5, 5.41) is 3.72. The molecule has 6 nitrogen and oxygen atoms in total. The molecule has 0 spiro atoms. The molecule has 144 valence electrons. The van der Waals surface area contributed by atoms with E-state index in [2.05, 4.69) is 5.32 Å². The Morgan fingerprint density at radius 1 is 1.25 bits per heavy atom. The fourth-order valence-electron chi connectivity index (χ4n) is 3.29. The lowest BCUT2D eigenvalue weighted by Crippen LogP contribution is -2.39. The monoisotopic (exact) mass is 421 g/mol. The Balaban J connectivity index is 1.84. The molecule has 1 unspecified atom stereocenters. The van der Waals surface area contributed by atoms with Gasteiger partial charge in [-0.15, -0.1) is 0 Å². The lowest BCUT2D eigenvalue weighted by atomic mass is 10.0. The van der Waals surface area contributed by atoms with Crippen molar-refractivity contribution in [1.82, 2.24) is 10.2 Å². The summed E-state index contributed by atoms with van der Waals surface area (Å²) in [4.78, 5) is 25.5. The Labute approximate surface area is 169 Å². The summed E-state index contributed by atoms with van der Waals surface area (Å²) in [5.41, 5.74) is 6.43. The Hall–Kier alpha value is -2.77. The number of fused-ring (bicyclic) bond motifs is 1. The minimum Gasteiger partial charge on any atom is -0.458 e. The van der Waals surface area contributed by atoms with Crippen molar-refractivity contribution in [2.75, 3.05) is 6.54 Å². The zero-order chi connectivity index (χ0) is 20.0. The molecule has 0 saturated carbocycles. The van der Waals surface area contributed by atoms with Crippen LogP contribution < -0.4 is 11.1 Å². The molecule has 3 aromatic rings. The van der Waals surface area contributed by atoms with Gasteiger partial charge >= 0.3 is 6.03 Å². The number of amides is 3. The Morgan fingerprint density at radius 3 is 2.71 bits per heavy atom. The van der Waals surface area contributed by atoms with Gasteiger partial charge in [-0.2, -0.15) is 0 Å². The molecule has 28 heavy (non-hydrogen) atoms. The number of hydrogen-bond donors (Lipinski definition) is 2. The summed E-state index contributed by atoms with van der Waals surface area (Å²) >= 11 is 12.0. The summed E-state index contributed by atoms with van der Waals surface area (Å²) in [7, 11) is 0. The van der Waals surface area contributed by atoms with Crippen molar-refractivity contribution in [1.29, 1.82) is 0 Å². The first-order chi connectivity index (χ1) is 13.3. The molecule has 3 N–H and O–H groups in total. The quantitative estimate of drug-likeness (QED) is 0.670. The van der Waals surface area contributed by atoms with Gasteiger partial charge in [-0.25, -0.2) is 9.18 Å². The second-order valence-corrected chi connectivity index (χ2v) is 7.31. The number of rotatable bonds is 4. The summed E-state index contributed by atoms with van der Waals surface area (Å²) in [6.45, 7) is 0.0334. The lowest BCUT2D eigenvalue weighted by molar-refractivity contribution is -0.119. The number of urea groups is 1. The predicted molar refractivity (Wildman–Crippen MR) is 103 cm³/mol. The lowest BCUT2D eigenvalue weighted by Gasteiger charge is -2.25. The fourth-order valence-corrected chi connectivity index (χ4v) is 3.66. The van der Waals surface area contributed by atoms with Crippen LogP contribution in [0.4, 0.5) is 9.18 Å². The molecule has 3 amide bonds. The Kier molecular flexibility index (Phi) is 4.64. The molecule has 0 aliphatic carbocycles. The number of nitrogens with two attached hydrogens (primary N) is 1. The van der Waals surface area contributed by atoms with Crippen LogP contribution in [0.3, 0.4) is 0 Å². The maximum atomic E-state index is 13.7. The SMILES string of the molecule is NC(=O)C1CN([C@H](c2ccc(F)c(Cl)c2)c2cc3cc(Cl)ccc3o2)C(=O)N1. The second kappa shape index (κ2) is 7.00. The molecule has 1 aliphatic rings. The van der Waals surface area contributed by atoms with E-state index in [1.807, 2.05) is 0 Å². The number of furan rings is 1. The van der Waals surface area contributed by atoms with Crippen molar-refractivity contribution in [3.8, 4) is 0 Å². The zero-order valence-electron chi connectivity index (χ0n) is 14.3. The smallest absolute Gasteiger partial charge is 0.319 e. The van der Waals surface area contributed by atoms with Crippen LogP contribution in [0.1, 0.15) is 17.4 Å². The summed E-state index contributed by atoms with van der Waals surface area (Å²) < 4.78 is 19.6. The third-order valence-electron chi connectivity index (χ3n) is 4.62. The fraction of sp³-hybridized carbons (Fsp3) is 0.158. The molecule has 1 aromatic heterocycles. The standard InChI is InChI=1S/C19H14Cl2FN3O3/c20-11-2-4-15-10(5-11)7-16(28-15)17(9-1-3-13(22)12(21)6-9)25-8-14(18(23)26)24-19(25)27/h1-7,14,17H,8H2,(H2,23,26)(H,24,27)/t14?,17-/m1/s1. The zero-order valence-corrected chi connectivity index (χ0v) is 15.8. The Morgan fingerprint density at radius 2 is 2.04 bits per heavy atom. The normalized spacial score (nSPS) is 17.8. The van der Waals surface area contributed by atoms with Crippen LogP contribution in [0.5, 0.6) is 0 Å². The molecule has 2 aromatic carbocycles. The van der Waals surface area contributed by atoms with Gasteiger partial charge in [-0.1, -0.05) is 29.3 Å². The maximum absolute atomic E-state index is 13.7. The topological polar surface area (TPSA) is 88.6 Å². The van der Waals surface area contributed by atoms with Gasteiger partial charge in [0.25, 0.3) is 0 Å². The number of carbonyl (C=O) groups is 2. The molecule has 0 radical (unpaired) electrons. The number of nitrogens with one attached hydrogen (secondary N) is 1. The van der Waals surface area contributed by atoms with Gasteiger partial charge in [0, 0.05) is 10.4 Å². The molecule has 4 rings (SSSR count). The molecule has 1 saturated heterocycles. The van der Waals surface area contributed by atoms with E-state index in [0.29, 0.717) is 21.9 Å². The highest BCUT2D eigenvalue weighted by molar-refractivity contribution is 6.31. The first-order valence-electron chi connectivity index (χ1n) is 8.34. The van der Waals surface area contributed by atoms with E-state index in [-0.39, 0.29) is 11.6 Å². The van der Waals surface area contributed by atoms with Crippen LogP contribution in [0.25, 0.3) is 11.0 Å². The van der Waals surface area contributed by atoms with E-state index in [4.69, 9.17) is 33.4 Å². The van der Waals surface area contributed by atoms with Crippen LogP contribution in [0, 0.1) is 5.82 Å². The molecule has 1 aliphatic heterocycles. The van der Waals surface area contributed by atoms with E-state index >= 15 is 0 Å². The summed E-state index contributed by atoms with van der Waals surface area (Å²) in [6.07, 6.45) is 0. The molecule has 1 fully saturated rings. The molecule has 2 atom stereocenters. The minimum atomic E-state index is -0.843. The van der Waals surface area contributed by atoms with Crippen LogP contribution >= 0.6 is 23.2 Å². The van der Waals surface area contributed by atoms with E-state index in [9.17, 15) is 14.0 Å². The highest BCUT2D eigenvalue weighted by atomic mass is 35.5. The second-order valence-electron chi connectivity index (χ2n) is 6.46. The van der Waals surface area contributed by atoms with Gasteiger partial charge in [-0.3, -0.25) is 4.79 Å². The van der Waals surface area contributed by atoms with Crippen LogP contribution in [0.2, 0.25) is 10.0 Å². The largest absolute Gasteiger partial charge is 0.458 e. The highest BCUT2D eigenvalue weighted by Gasteiger charge is 2.39. The molecular formula is C19H14Cl2FN3O3. The van der Waals surface area contributed by atoms with Gasteiger partial charge in [0.1, 0.15) is 29.2 Å². The van der Waals surface area contributed by atoms with E-state index in [1.165, 1.54) is 23.1 Å². The third-order valence-corrected chi connectivity index (χ3v) is 5.14.